The molecule has 2 aromatic rings. The van der Waals surface area contributed by atoms with Gasteiger partial charge in [-0.05, 0) is 6.07 Å². The van der Waals surface area contributed by atoms with Crippen molar-refractivity contribution in [2.24, 2.45) is 0 Å². The molecule has 5 nitrogen and oxygen atoms in total. The summed E-state index contributed by atoms with van der Waals surface area (Å²) < 4.78 is 27.3. The normalized spacial score (nSPS) is 18.5. The molecule has 0 amide bonds. The first-order valence-corrected chi connectivity index (χ1v) is 6.10. The minimum atomic E-state index is -0.878. The minimum Gasteiger partial charge on any atom is -0.384 e. The smallest absolute Gasteiger partial charge is 0.164 e. The number of benzene rings is 1. The first kappa shape index (κ1) is 12.7. The van der Waals surface area contributed by atoms with Gasteiger partial charge in [0.05, 0.1) is 12.6 Å². The predicted molar refractivity (Wildman–Crippen MR) is 68.6 cm³/mol. The zero-order valence-electron chi connectivity index (χ0n) is 10.5. The Hall–Kier alpha value is -2.28. The summed E-state index contributed by atoms with van der Waals surface area (Å²) in [5.74, 6) is -1.04. The van der Waals surface area contributed by atoms with Crippen LogP contribution < -0.4 is 10.8 Å². The van der Waals surface area contributed by atoms with Crippen molar-refractivity contribution >= 4 is 11.6 Å². The van der Waals surface area contributed by atoms with Gasteiger partial charge in [0.2, 0.25) is 0 Å². The van der Waals surface area contributed by atoms with Crippen LogP contribution in [0.3, 0.4) is 0 Å². The molecule has 1 fully saturated rings. The highest BCUT2D eigenvalue weighted by molar-refractivity contribution is 5.46. The van der Waals surface area contributed by atoms with Crippen molar-refractivity contribution in [1.82, 2.24) is 9.97 Å². The number of hydrogen-bond acceptors (Lipinski definition) is 5. The number of nitrogens with two attached hydrogens (primary N) is 1. The topological polar surface area (TPSA) is 64.3 Å². The van der Waals surface area contributed by atoms with Gasteiger partial charge in [-0.15, -0.1) is 0 Å². The minimum absolute atomic E-state index is 0.236. The van der Waals surface area contributed by atoms with E-state index in [0.29, 0.717) is 18.8 Å². The number of halogens is 2. The molecule has 2 heterocycles. The van der Waals surface area contributed by atoms with Gasteiger partial charge >= 0.3 is 0 Å². The van der Waals surface area contributed by atoms with E-state index in [1.54, 1.807) is 0 Å². The molecule has 20 heavy (non-hydrogen) atoms. The molecular formula is C13H12F2N4O. The van der Waals surface area contributed by atoms with E-state index < -0.39 is 17.7 Å². The summed E-state index contributed by atoms with van der Waals surface area (Å²) >= 11 is 0. The van der Waals surface area contributed by atoms with Crippen molar-refractivity contribution in [3.05, 3.63) is 47.8 Å². The summed E-state index contributed by atoms with van der Waals surface area (Å²) in [6.07, 6.45) is 1.83. The van der Waals surface area contributed by atoms with Gasteiger partial charge in [-0.2, -0.15) is 0 Å². The highest BCUT2D eigenvalue weighted by Crippen LogP contribution is 2.35. The van der Waals surface area contributed by atoms with E-state index in [0.717, 1.165) is 6.07 Å². The molecule has 1 aromatic heterocycles. The van der Waals surface area contributed by atoms with Crippen LogP contribution in [0.25, 0.3) is 0 Å². The SMILES string of the molecule is Nc1cc(N2OCC[C@@H]2c2cccc(F)c2F)ncn1. The molecule has 1 aliphatic rings. The first-order chi connectivity index (χ1) is 9.66. The van der Waals surface area contributed by atoms with E-state index in [-0.39, 0.29) is 11.4 Å². The van der Waals surface area contributed by atoms with Gasteiger partial charge in [-0.1, -0.05) is 12.1 Å². The standard InChI is InChI=1S/C13H12F2N4O/c14-9-3-1-2-8(13(9)15)10-4-5-20-19(10)12-6-11(16)17-7-18-12/h1-3,6-7,10H,4-5H2,(H2,16,17,18)/t10-/m1/s1. The number of aromatic nitrogens is 2. The third-order valence-electron chi connectivity index (χ3n) is 3.14. The number of hydrogen-bond donors (Lipinski definition) is 1. The molecular weight excluding hydrogens is 266 g/mol. The molecule has 0 spiro atoms. The molecule has 1 saturated heterocycles. The summed E-state index contributed by atoms with van der Waals surface area (Å²) in [6.45, 7) is 0.393. The van der Waals surface area contributed by atoms with Crippen molar-refractivity contribution in [2.45, 2.75) is 12.5 Å². The summed E-state index contributed by atoms with van der Waals surface area (Å²) in [7, 11) is 0. The lowest BCUT2D eigenvalue weighted by Crippen LogP contribution is -2.23. The Morgan fingerprint density at radius 1 is 1.30 bits per heavy atom. The van der Waals surface area contributed by atoms with Crippen LogP contribution in [-0.2, 0) is 4.84 Å². The van der Waals surface area contributed by atoms with Gasteiger partial charge in [0.1, 0.15) is 12.1 Å². The molecule has 0 aliphatic carbocycles. The molecule has 2 N–H and O–H groups in total. The van der Waals surface area contributed by atoms with Crippen LogP contribution in [0, 0.1) is 11.6 Å². The van der Waals surface area contributed by atoms with Crippen molar-refractivity contribution in [2.75, 3.05) is 17.4 Å². The van der Waals surface area contributed by atoms with E-state index in [4.69, 9.17) is 10.6 Å². The van der Waals surface area contributed by atoms with Gasteiger partial charge < -0.3 is 5.73 Å². The fourth-order valence-electron chi connectivity index (χ4n) is 2.24. The molecule has 1 atom stereocenters. The van der Waals surface area contributed by atoms with Crippen molar-refractivity contribution in [3.8, 4) is 0 Å². The maximum Gasteiger partial charge on any atom is 0.164 e. The Labute approximate surface area is 114 Å². The lowest BCUT2D eigenvalue weighted by molar-refractivity contribution is 0.156. The summed E-state index contributed by atoms with van der Waals surface area (Å²) in [4.78, 5) is 13.3. The van der Waals surface area contributed by atoms with E-state index in [9.17, 15) is 8.78 Å². The van der Waals surface area contributed by atoms with Gasteiger partial charge in [0.15, 0.2) is 17.5 Å². The molecule has 7 heteroatoms. The second-order valence-corrected chi connectivity index (χ2v) is 4.41. The highest BCUT2D eigenvalue weighted by atomic mass is 19.2. The summed E-state index contributed by atoms with van der Waals surface area (Å²) in [6, 6.07) is 5.17. The summed E-state index contributed by atoms with van der Waals surface area (Å²) in [5, 5.41) is 1.44. The van der Waals surface area contributed by atoms with Crippen molar-refractivity contribution in [3.63, 3.8) is 0 Å². The number of nitrogens with zero attached hydrogens (tertiary/aromatic N) is 3. The Kier molecular flexibility index (Phi) is 3.19. The second kappa shape index (κ2) is 5.01. The second-order valence-electron chi connectivity index (χ2n) is 4.41. The Bertz CT molecular complexity index is 638. The number of hydroxylamine groups is 1. The fourth-order valence-corrected chi connectivity index (χ4v) is 2.24. The quantitative estimate of drug-likeness (QED) is 0.912. The van der Waals surface area contributed by atoms with E-state index in [1.165, 1.54) is 29.6 Å². The first-order valence-electron chi connectivity index (χ1n) is 6.10. The lowest BCUT2D eigenvalue weighted by atomic mass is 10.0. The van der Waals surface area contributed by atoms with Crippen molar-refractivity contribution in [1.29, 1.82) is 0 Å². The maximum absolute atomic E-state index is 13.9. The third-order valence-corrected chi connectivity index (χ3v) is 3.14. The molecule has 0 saturated carbocycles. The average Bonchev–Trinajstić information content (AvgIpc) is 2.91. The summed E-state index contributed by atoms with van der Waals surface area (Å²) in [5.41, 5.74) is 5.83. The molecule has 1 aromatic carbocycles. The molecule has 3 rings (SSSR count). The van der Waals surface area contributed by atoms with Crippen LogP contribution in [-0.4, -0.2) is 16.6 Å². The Balaban J connectivity index is 1.99. The molecule has 104 valence electrons. The predicted octanol–water partition coefficient (Wildman–Crippen LogP) is 2.22. The molecule has 0 bridgehead atoms. The van der Waals surface area contributed by atoms with Gasteiger partial charge in [0, 0.05) is 18.1 Å². The monoisotopic (exact) mass is 278 g/mol. The number of rotatable bonds is 2. The van der Waals surface area contributed by atoms with Crippen molar-refractivity contribution < 1.29 is 13.6 Å². The van der Waals surface area contributed by atoms with E-state index in [1.807, 2.05) is 0 Å². The van der Waals surface area contributed by atoms with Crippen LogP contribution in [0.4, 0.5) is 20.4 Å². The Morgan fingerprint density at radius 2 is 2.15 bits per heavy atom. The molecule has 1 aliphatic heterocycles. The zero-order valence-corrected chi connectivity index (χ0v) is 10.5. The van der Waals surface area contributed by atoms with E-state index >= 15 is 0 Å². The van der Waals surface area contributed by atoms with Crippen LogP contribution in [0.15, 0.2) is 30.6 Å². The number of anilines is 2. The van der Waals surface area contributed by atoms with Crippen LogP contribution in [0.2, 0.25) is 0 Å². The van der Waals surface area contributed by atoms with Gasteiger partial charge in [0.25, 0.3) is 0 Å². The lowest BCUT2D eigenvalue weighted by Gasteiger charge is -2.24. The average molecular weight is 278 g/mol. The molecule has 0 unspecified atom stereocenters. The van der Waals surface area contributed by atoms with Gasteiger partial charge in [-0.3, -0.25) is 4.84 Å². The number of nitrogen functional groups attached to an aromatic ring is 1. The molecule has 0 radical (unpaired) electrons. The fraction of sp³-hybridized carbons (Fsp3) is 0.231. The Morgan fingerprint density at radius 3 is 2.95 bits per heavy atom. The van der Waals surface area contributed by atoms with Crippen LogP contribution in [0.1, 0.15) is 18.0 Å². The van der Waals surface area contributed by atoms with E-state index in [2.05, 4.69) is 9.97 Å². The highest BCUT2D eigenvalue weighted by Gasteiger charge is 2.31. The van der Waals surface area contributed by atoms with Crippen LogP contribution >= 0.6 is 0 Å². The zero-order chi connectivity index (χ0) is 14.1. The largest absolute Gasteiger partial charge is 0.384 e. The third kappa shape index (κ3) is 2.16. The van der Waals surface area contributed by atoms with Gasteiger partial charge in [-0.25, -0.2) is 23.8 Å². The van der Waals surface area contributed by atoms with Crippen LogP contribution in [0.5, 0.6) is 0 Å². The maximum atomic E-state index is 13.9.